The van der Waals surface area contributed by atoms with Crippen molar-refractivity contribution in [1.82, 2.24) is 9.88 Å². The van der Waals surface area contributed by atoms with E-state index in [1.54, 1.807) is 48.7 Å². The first-order valence-corrected chi connectivity index (χ1v) is 10.4. The minimum absolute atomic E-state index is 0.132. The molecule has 9 heteroatoms. The zero-order chi connectivity index (χ0) is 20.4. The minimum Gasteiger partial charge on any atom is -0.493 e. The zero-order valence-corrected chi connectivity index (χ0v) is 17.7. The van der Waals surface area contributed by atoms with Crippen molar-refractivity contribution in [3.05, 3.63) is 41.4 Å². The number of hydrogen-bond acceptors (Lipinski definition) is 6. The number of urea groups is 1. The summed E-state index contributed by atoms with van der Waals surface area (Å²) in [6, 6.07) is 10.9. The Kier molecular flexibility index (Phi) is 5.64. The Morgan fingerprint density at radius 2 is 1.83 bits per heavy atom. The number of carbonyl (C=O) groups is 1. The number of carbonyl (C=O) groups excluding carboxylic acids is 1. The first-order valence-electron chi connectivity index (χ1n) is 9.16. The molecule has 3 aromatic rings. The molecule has 1 aromatic heterocycles. The van der Waals surface area contributed by atoms with Crippen LogP contribution in [0.4, 0.5) is 15.6 Å². The molecule has 2 aromatic carbocycles. The van der Waals surface area contributed by atoms with E-state index in [-0.39, 0.29) is 6.03 Å². The van der Waals surface area contributed by atoms with E-state index < -0.39 is 0 Å². The maximum atomic E-state index is 12.6. The van der Waals surface area contributed by atoms with E-state index in [1.165, 1.54) is 0 Å². The average molecular weight is 433 g/mol. The maximum absolute atomic E-state index is 12.6. The number of benzene rings is 2. The number of nitrogens with one attached hydrogen (secondary N) is 1. The highest BCUT2D eigenvalue weighted by atomic mass is 35.5. The summed E-state index contributed by atoms with van der Waals surface area (Å²) < 4.78 is 11.6. The predicted molar refractivity (Wildman–Crippen MR) is 117 cm³/mol. The molecule has 0 radical (unpaired) electrons. The van der Waals surface area contributed by atoms with Crippen LogP contribution in [-0.4, -0.2) is 56.3 Å². The fourth-order valence-electron chi connectivity index (χ4n) is 3.24. The predicted octanol–water partition coefficient (Wildman–Crippen LogP) is 4.32. The van der Waals surface area contributed by atoms with Crippen LogP contribution >= 0.6 is 22.9 Å². The Balaban J connectivity index is 1.38. The summed E-state index contributed by atoms with van der Waals surface area (Å²) in [5, 5.41) is 4.60. The third-order valence-electron chi connectivity index (χ3n) is 4.81. The van der Waals surface area contributed by atoms with Crippen molar-refractivity contribution >= 4 is 50.0 Å². The minimum atomic E-state index is -0.132. The van der Waals surface area contributed by atoms with Gasteiger partial charge in [-0.1, -0.05) is 22.9 Å². The Morgan fingerprint density at radius 3 is 2.55 bits per heavy atom. The van der Waals surface area contributed by atoms with Crippen molar-refractivity contribution in [2.45, 2.75) is 0 Å². The Hall–Kier alpha value is -2.71. The molecule has 0 unspecified atom stereocenters. The van der Waals surface area contributed by atoms with Gasteiger partial charge in [0, 0.05) is 43.0 Å². The molecule has 29 heavy (non-hydrogen) atoms. The van der Waals surface area contributed by atoms with Gasteiger partial charge in [0.1, 0.15) is 0 Å². The third-order valence-corrected chi connectivity index (χ3v) is 6.13. The number of thiazole rings is 1. The molecule has 0 saturated carbocycles. The highest BCUT2D eigenvalue weighted by Crippen LogP contribution is 2.32. The van der Waals surface area contributed by atoms with Gasteiger partial charge in [-0.2, -0.15) is 0 Å². The topological polar surface area (TPSA) is 66.9 Å². The van der Waals surface area contributed by atoms with Crippen LogP contribution in [0.2, 0.25) is 5.02 Å². The molecule has 2 heterocycles. The van der Waals surface area contributed by atoms with Crippen LogP contribution in [0.5, 0.6) is 11.5 Å². The molecule has 0 atom stereocenters. The highest BCUT2D eigenvalue weighted by Gasteiger charge is 2.23. The van der Waals surface area contributed by atoms with Crippen LogP contribution in [0.3, 0.4) is 0 Å². The average Bonchev–Trinajstić information content (AvgIpc) is 3.17. The number of anilines is 2. The Bertz CT molecular complexity index is 1030. The van der Waals surface area contributed by atoms with Crippen molar-refractivity contribution in [3.63, 3.8) is 0 Å². The number of rotatable bonds is 4. The van der Waals surface area contributed by atoms with Crippen molar-refractivity contribution in [2.24, 2.45) is 0 Å². The van der Waals surface area contributed by atoms with E-state index in [0.29, 0.717) is 35.3 Å². The van der Waals surface area contributed by atoms with E-state index >= 15 is 0 Å². The van der Waals surface area contributed by atoms with Gasteiger partial charge in [-0.25, -0.2) is 9.78 Å². The molecule has 7 nitrogen and oxygen atoms in total. The van der Waals surface area contributed by atoms with Crippen LogP contribution < -0.4 is 19.7 Å². The number of aromatic nitrogens is 1. The van der Waals surface area contributed by atoms with Crippen molar-refractivity contribution in [3.8, 4) is 11.5 Å². The van der Waals surface area contributed by atoms with Gasteiger partial charge < -0.3 is 24.6 Å². The number of amides is 2. The molecule has 4 rings (SSSR count). The SMILES string of the molecule is COc1ccc(NC(=O)N2CCN(c3nc4ccc(Cl)cc4s3)CC2)cc1OC. The van der Waals surface area contributed by atoms with Crippen molar-refractivity contribution < 1.29 is 14.3 Å². The standard InChI is InChI=1S/C20H21ClN4O3S/c1-27-16-6-4-14(12-17(16)28-2)22-19(26)24-7-9-25(10-8-24)20-23-15-5-3-13(21)11-18(15)29-20/h3-6,11-12H,7-10H2,1-2H3,(H,22,26). The molecule has 2 amide bonds. The number of ether oxygens (including phenoxy) is 2. The molecule has 0 spiro atoms. The molecule has 1 fully saturated rings. The van der Waals surface area contributed by atoms with Crippen molar-refractivity contribution in [2.75, 3.05) is 50.6 Å². The lowest BCUT2D eigenvalue weighted by molar-refractivity contribution is 0.208. The lowest BCUT2D eigenvalue weighted by Crippen LogP contribution is -2.50. The van der Waals surface area contributed by atoms with Gasteiger partial charge in [-0.15, -0.1) is 0 Å². The third kappa shape index (κ3) is 4.18. The molecule has 0 bridgehead atoms. The van der Waals surface area contributed by atoms with Crippen LogP contribution in [0.1, 0.15) is 0 Å². The molecule has 1 aliphatic rings. The smallest absolute Gasteiger partial charge is 0.321 e. The summed E-state index contributed by atoms with van der Waals surface area (Å²) in [5.41, 5.74) is 1.61. The molecular formula is C20H21ClN4O3S. The second kappa shape index (κ2) is 8.34. The first-order chi connectivity index (χ1) is 14.1. The fourth-order valence-corrected chi connectivity index (χ4v) is 4.53. The summed E-state index contributed by atoms with van der Waals surface area (Å²) in [6.45, 7) is 2.70. The summed E-state index contributed by atoms with van der Waals surface area (Å²) >= 11 is 7.69. The molecule has 1 aliphatic heterocycles. The van der Waals surface area contributed by atoms with Gasteiger partial charge in [0.05, 0.1) is 24.4 Å². The number of halogens is 1. The van der Waals surface area contributed by atoms with Gasteiger partial charge in [-0.05, 0) is 30.3 Å². The van der Waals surface area contributed by atoms with Gasteiger partial charge in [0.2, 0.25) is 0 Å². The maximum Gasteiger partial charge on any atom is 0.321 e. The monoisotopic (exact) mass is 432 g/mol. The summed E-state index contributed by atoms with van der Waals surface area (Å²) in [4.78, 5) is 21.3. The second-order valence-electron chi connectivity index (χ2n) is 6.58. The van der Waals surface area contributed by atoms with Crippen LogP contribution in [0.15, 0.2) is 36.4 Å². The van der Waals surface area contributed by atoms with Gasteiger partial charge in [0.25, 0.3) is 0 Å². The highest BCUT2D eigenvalue weighted by molar-refractivity contribution is 7.22. The second-order valence-corrected chi connectivity index (χ2v) is 8.03. The molecule has 1 saturated heterocycles. The van der Waals surface area contributed by atoms with E-state index in [2.05, 4.69) is 10.2 Å². The van der Waals surface area contributed by atoms with Gasteiger partial charge >= 0.3 is 6.03 Å². The van der Waals surface area contributed by atoms with E-state index in [9.17, 15) is 4.79 Å². The molecule has 1 N–H and O–H groups in total. The first kappa shape index (κ1) is 19.6. The van der Waals surface area contributed by atoms with E-state index in [4.69, 9.17) is 26.1 Å². The molecule has 0 aliphatic carbocycles. The number of methoxy groups -OCH3 is 2. The number of hydrogen-bond donors (Lipinski definition) is 1. The largest absolute Gasteiger partial charge is 0.493 e. The van der Waals surface area contributed by atoms with Crippen molar-refractivity contribution in [1.29, 1.82) is 0 Å². The Labute approximate surface area is 177 Å². The van der Waals surface area contributed by atoms with Gasteiger partial charge in [0.15, 0.2) is 16.6 Å². The van der Waals surface area contributed by atoms with Gasteiger partial charge in [-0.3, -0.25) is 0 Å². The number of fused-ring (bicyclic) bond motifs is 1. The fraction of sp³-hybridized carbons (Fsp3) is 0.300. The zero-order valence-electron chi connectivity index (χ0n) is 16.1. The van der Waals surface area contributed by atoms with Crippen LogP contribution in [0.25, 0.3) is 10.2 Å². The van der Waals surface area contributed by atoms with E-state index in [1.807, 2.05) is 18.2 Å². The lowest BCUT2D eigenvalue weighted by Gasteiger charge is -2.34. The lowest BCUT2D eigenvalue weighted by atomic mass is 10.2. The summed E-state index contributed by atoms with van der Waals surface area (Å²) in [5.74, 6) is 1.20. The Morgan fingerprint density at radius 1 is 1.07 bits per heavy atom. The number of piperazine rings is 1. The molecule has 152 valence electrons. The molecular weight excluding hydrogens is 412 g/mol. The number of nitrogens with zero attached hydrogens (tertiary/aromatic N) is 3. The van der Waals surface area contributed by atoms with Crippen LogP contribution in [0, 0.1) is 0 Å². The normalized spacial score (nSPS) is 14.2. The van der Waals surface area contributed by atoms with Crippen LogP contribution in [-0.2, 0) is 0 Å². The summed E-state index contributed by atoms with van der Waals surface area (Å²) in [6.07, 6.45) is 0. The van der Waals surface area contributed by atoms with E-state index in [0.717, 1.165) is 28.4 Å². The quantitative estimate of drug-likeness (QED) is 0.665. The summed E-state index contributed by atoms with van der Waals surface area (Å²) in [7, 11) is 3.15.